The van der Waals surface area contributed by atoms with Gasteiger partial charge in [-0.2, -0.15) is 0 Å². The van der Waals surface area contributed by atoms with Crippen LogP contribution in [0.3, 0.4) is 0 Å². The van der Waals surface area contributed by atoms with Crippen LogP contribution in [0.15, 0.2) is 22.6 Å². The molecule has 3 saturated heterocycles. The average molecular weight is 464 g/mol. The number of para-hydroxylation sites is 1. The van der Waals surface area contributed by atoms with Crippen molar-refractivity contribution in [1.82, 2.24) is 25.4 Å². The molecule has 0 spiro atoms. The molecule has 2 amide bonds. The first-order valence-corrected chi connectivity index (χ1v) is 11.1. The fourth-order valence-corrected chi connectivity index (χ4v) is 5.44. The Kier molecular flexibility index (Phi) is 6.60. The van der Waals surface area contributed by atoms with Gasteiger partial charge >= 0.3 is 6.09 Å². The number of benzene rings is 1. The lowest BCUT2D eigenvalue weighted by Crippen LogP contribution is -2.55. The highest BCUT2D eigenvalue weighted by atomic mass is 35.5. The van der Waals surface area contributed by atoms with E-state index in [1.807, 2.05) is 0 Å². The minimum atomic E-state index is -1.00. The van der Waals surface area contributed by atoms with Gasteiger partial charge in [0.25, 0.3) is 5.91 Å². The molecule has 3 atom stereocenters. The second kappa shape index (κ2) is 9.25. The molecule has 2 bridgehead atoms. The number of nitrogens with one attached hydrogen (secondary N) is 2. The average Bonchev–Trinajstić information content (AvgIpc) is 3.18. The highest BCUT2D eigenvalue weighted by molar-refractivity contribution is 6.04. The molecule has 0 aliphatic carbocycles. The van der Waals surface area contributed by atoms with E-state index in [1.54, 1.807) is 18.2 Å². The summed E-state index contributed by atoms with van der Waals surface area (Å²) in [6.45, 7) is 1.39. The van der Waals surface area contributed by atoms with Crippen LogP contribution in [0.2, 0.25) is 0 Å². The monoisotopic (exact) mass is 463 g/mol. The Morgan fingerprint density at radius 3 is 2.72 bits per heavy atom. The Morgan fingerprint density at radius 2 is 2.00 bits per heavy atom. The molecular weight excluding hydrogens is 434 g/mol. The third-order valence-corrected chi connectivity index (χ3v) is 7.13. The molecule has 32 heavy (non-hydrogen) atoms. The van der Waals surface area contributed by atoms with Crippen LogP contribution in [-0.2, 0) is 0 Å². The van der Waals surface area contributed by atoms with Gasteiger partial charge in [-0.15, -0.1) is 12.4 Å². The van der Waals surface area contributed by atoms with Gasteiger partial charge in [0, 0.05) is 37.8 Å². The molecule has 1 aromatic carbocycles. The number of halogens is 1. The number of hydrogen-bond acceptors (Lipinski definition) is 6. The number of oxazole rings is 1. The van der Waals surface area contributed by atoms with Crippen molar-refractivity contribution in [3.8, 4) is 0 Å². The van der Waals surface area contributed by atoms with Crippen LogP contribution in [0.1, 0.15) is 54.4 Å². The summed E-state index contributed by atoms with van der Waals surface area (Å²) >= 11 is 0. The lowest BCUT2D eigenvalue weighted by Gasteiger charge is -2.47. The van der Waals surface area contributed by atoms with Gasteiger partial charge < -0.3 is 25.1 Å². The number of carbonyl (C=O) groups is 2. The SMILES string of the molecule is CN1C2CCCC1CC(NC(=O)c1cccc3oc(C4CNCCN4C(=O)O)nc13)C2.Cl. The summed E-state index contributed by atoms with van der Waals surface area (Å²) in [4.78, 5) is 33.2. The van der Waals surface area contributed by atoms with Gasteiger partial charge in [0.15, 0.2) is 5.58 Å². The molecule has 174 valence electrons. The van der Waals surface area contributed by atoms with E-state index in [9.17, 15) is 14.7 Å². The minimum Gasteiger partial charge on any atom is -0.465 e. The van der Waals surface area contributed by atoms with Crippen molar-refractivity contribution in [3.63, 3.8) is 0 Å². The van der Waals surface area contributed by atoms with E-state index in [4.69, 9.17) is 4.42 Å². The van der Waals surface area contributed by atoms with E-state index >= 15 is 0 Å². The van der Waals surface area contributed by atoms with E-state index in [0.717, 1.165) is 12.8 Å². The molecule has 1 aromatic heterocycles. The molecule has 3 aliphatic heterocycles. The van der Waals surface area contributed by atoms with E-state index in [0.29, 0.717) is 54.3 Å². The summed E-state index contributed by atoms with van der Waals surface area (Å²) in [5.74, 6) is 0.175. The molecule has 3 aliphatic rings. The maximum absolute atomic E-state index is 13.2. The lowest BCUT2D eigenvalue weighted by atomic mass is 9.82. The normalized spacial score (nSPS) is 28.2. The summed E-state index contributed by atoms with van der Waals surface area (Å²) in [6.07, 6.45) is 4.60. The van der Waals surface area contributed by atoms with Gasteiger partial charge in [-0.05, 0) is 44.9 Å². The van der Waals surface area contributed by atoms with E-state index < -0.39 is 12.1 Å². The first-order valence-electron chi connectivity index (χ1n) is 11.1. The highest BCUT2D eigenvalue weighted by Crippen LogP contribution is 2.33. The number of aromatic nitrogens is 1. The molecule has 9 nitrogen and oxygen atoms in total. The summed E-state index contributed by atoms with van der Waals surface area (Å²) in [7, 11) is 2.20. The number of carboxylic acid groups (broad SMARTS) is 1. The summed E-state index contributed by atoms with van der Waals surface area (Å²) < 4.78 is 5.90. The first-order chi connectivity index (χ1) is 15.0. The van der Waals surface area contributed by atoms with Crippen molar-refractivity contribution in [2.45, 2.75) is 56.3 Å². The molecule has 3 N–H and O–H groups in total. The van der Waals surface area contributed by atoms with Crippen LogP contribution in [0.4, 0.5) is 4.79 Å². The number of carbonyl (C=O) groups excluding carboxylic acids is 1. The first kappa shape index (κ1) is 22.8. The lowest BCUT2D eigenvalue weighted by molar-refractivity contribution is 0.0463. The number of piperazine rings is 1. The van der Waals surface area contributed by atoms with Crippen molar-refractivity contribution < 1.29 is 19.1 Å². The van der Waals surface area contributed by atoms with Gasteiger partial charge in [-0.1, -0.05) is 12.5 Å². The van der Waals surface area contributed by atoms with Crippen molar-refractivity contribution in [1.29, 1.82) is 0 Å². The largest absolute Gasteiger partial charge is 0.465 e. The second-order valence-electron chi connectivity index (χ2n) is 8.95. The molecule has 0 radical (unpaired) electrons. The Labute approximate surface area is 192 Å². The number of fused-ring (bicyclic) bond motifs is 3. The van der Waals surface area contributed by atoms with Gasteiger partial charge in [-0.25, -0.2) is 9.78 Å². The number of piperidine rings is 2. The topological polar surface area (TPSA) is 111 Å². The molecule has 0 saturated carbocycles. The fraction of sp³-hybridized carbons (Fsp3) is 0.591. The third-order valence-electron chi connectivity index (χ3n) is 7.13. The fourth-order valence-electron chi connectivity index (χ4n) is 5.44. The Bertz CT molecular complexity index is 984. The van der Waals surface area contributed by atoms with Crippen molar-refractivity contribution in [3.05, 3.63) is 29.7 Å². The zero-order valence-corrected chi connectivity index (χ0v) is 18.9. The maximum Gasteiger partial charge on any atom is 0.408 e. The second-order valence-corrected chi connectivity index (χ2v) is 8.95. The number of hydrogen-bond donors (Lipinski definition) is 3. The molecule has 4 heterocycles. The minimum absolute atomic E-state index is 0. The Balaban J connectivity index is 0.00000245. The van der Waals surface area contributed by atoms with Crippen molar-refractivity contribution in [2.24, 2.45) is 0 Å². The van der Waals surface area contributed by atoms with Crippen LogP contribution >= 0.6 is 12.4 Å². The molecule has 3 fully saturated rings. The zero-order valence-electron chi connectivity index (χ0n) is 18.1. The van der Waals surface area contributed by atoms with E-state index in [-0.39, 0.29) is 24.4 Å². The van der Waals surface area contributed by atoms with Gasteiger partial charge in [0.2, 0.25) is 5.89 Å². The van der Waals surface area contributed by atoms with E-state index in [1.165, 1.54) is 24.2 Å². The number of amides is 2. The third kappa shape index (κ3) is 4.16. The summed E-state index contributed by atoms with van der Waals surface area (Å²) in [5.41, 5.74) is 1.46. The van der Waals surface area contributed by atoms with Crippen molar-refractivity contribution >= 4 is 35.5 Å². The van der Waals surface area contributed by atoms with Crippen LogP contribution in [0.5, 0.6) is 0 Å². The number of rotatable bonds is 3. The van der Waals surface area contributed by atoms with Crippen LogP contribution < -0.4 is 10.6 Å². The smallest absolute Gasteiger partial charge is 0.408 e. The Hall–Kier alpha value is -2.36. The van der Waals surface area contributed by atoms with Crippen molar-refractivity contribution in [2.75, 3.05) is 26.7 Å². The molecule has 3 unspecified atom stereocenters. The van der Waals surface area contributed by atoms with E-state index in [2.05, 4.69) is 27.6 Å². The molecule has 2 aromatic rings. The predicted octanol–water partition coefficient (Wildman–Crippen LogP) is 2.62. The van der Waals surface area contributed by atoms with Gasteiger partial charge in [0.1, 0.15) is 11.6 Å². The maximum atomic E-state index is 13.2. The summed E-state index contributed by atoms with van der Waals surface area (Å²) in [5, 5.41) is 15.9. The predicted molar refractivity (Wildman–Crippen MR) is 121 cm³/mol. The molecular formula is C22H30ClN5O4. The van der Waals surface area contributed by atoms with Crippen LogP contribution in [0.25, 0.3) is 11.1 Å². The molecule has 5 rings (SSSR count). The van der Waals surface area contributed by atoms with Gasteiger partial charge in [0.05, 0.1) is 5.56 Å². The van der Waals surface area contributed by atoms with Crippen LogP contribution in [0, 0.1) is 0 Å². The summed E-state index contributed by atoms with van der Waals surface area (Å²) in [6, 6.07) is 6.02. The quantitative estimate of drug-likeness (QED) is 0.641. The zero-order chi connectivity index (χ0) is 21.5. The highest BCUT2D eigenvalue weighted by Gasteiger charge is 2.37. The standard InChI is InChI=1S/C22H29N5O4.ClH/c1-26-14-4-2-5-15(26)11-13(10-14)24-20(28)16-6-3-7-18-19(16)25-21(31-18)17-12-23-8-9-27(17)22(29)30;/h3,6-7,13-15,17,23H,2,4-5,8-12H2,1H3,(H,24,28)(H,29,30);1H. The van der Waals surface area contributed by atoms with Gasteiger partial charge in [-0.3, -0.25) is 9.69 Å². The molecule has 10 heteroatoms. The van der Waals surface area contributed by atoms with Crippen LogP contribution in [-0.4, -0.2) is 76.7 Å². The Morgan fingerprint density at radius 1 is 1.25 bits per heavy atom. The number of nitrogens with zero attached hydrogens (tertiary/aromatic N) is 3.